The maximum atomic E-state index is 12.4. The molecular formula is C31H40O4. The van der Waals surface area contributed by atoms with Crippen LogP contribution in [-0.4, -0.2) is 18.7 Å². The summed E-state index contributed by atoms with van der Waals surface area (Å²) in [5, 5.41) is 2.25. The van der Waals surface area contributed by atoms with Gasteiger partial charge in [0.15, 0.2) is 0 Å². The van der Waals surface area contributed by atoms with Crippen molar-refractivity contribution in [1.82, 2.24) is 0 Å². The molecule has 1 atom stereocenters. The van der Waals surface area contributed by atoms with Crippen molar-refractivity contribution in [3.63, 3.8) is 0 Å². The Labute approximate surface area is 210 Å². The molecule has 0 saturated carbocycles. The Hall–Kier alpha value is -3.01. The SMILES string of the molecule is CCCCCC[C@@H](C)OC(=O)c1ccc(COc2ccc3cc(OCCCCC)ccc3c2)cc1. The first-order valence-corrected chi connectivity index (χ1v) is 13.2. The monoisotopic (exact) mass is 476 g/mol. The highest BCUT2D eigenvalue weighted by atomic mass is 16.5. The number of hydrogen-bond acceptors (Lipinski definition) is 4. The number of rotatable bonds is 15. The summed E-state index contributed by atoms with van der Waals surface area (Å²) in [5.41, 5.74) is 1.58. The Morgan fingerprint density at radius 2 is 1.37 bits per heavy atom. The number of ether oxygens (including phenoxy) is 3. The van der Waals surface area contributed by atoms with Crippen molar-refractivity contribution in [2.45, 2.75) is 84.8 Å². The van der Waals surface area contributed by atoms with Gasteiger partial charge in [-0.05, 0) is 78.9 Å². The Morgan fingerprint density at radius 3 is 2.03 bits per heavy atom. The van der Waals surface area contributed by atoms with Gasteiger partial charge in [0.1, 0.15) is 18.1 Å². The Kier molecular flexibility index (Phi) is 10.9. The summed E-state index contributed by atoms with van der Waals surface area (Å²) in [4.78, 5) is 12.4. The lowest BCUT2D eigenvalue weighted by atomic mass is 10.1. The number of carbonyl (C=O) groups is 1. The molecule has 3 aromatic rings. The van der Waals surface area contributed by atoms with Crippen LogP contribution in [0.15, 0.2) is 60.7 Å². The number of unbranched alkanes of at least 4 members (excludes halogenated alkanes) is 5. The van der Waals surface area contributed by atoms with E-state index in [9.17, 15) is 4.79 Å². The van der Waals surface area contributed by atoms with Crippen LogP contribution in [0.5, 0.6) is 11.5 Å². The minimum atomic E-state index is -0.260. The van der Waals surface area contributed by atoms with E-state index >= 15 is 0 Å². The van der Waals surface area contributed by atoms with E-state index in [1.54, 1.807) is 0 Å². The summed E-state index contributed by atoms with van der Waals surface area (Å²) in [7, 11) is 0. The molecule has 0 aliphatic heterocycles. The average Bonchev–Trinajstić information content (AvgIpc) is 2.88. The summed E-state index contributed by atoms with van der Waals surface area (Å²) in [6.07, 6.45) is 9.06. The zero-order chi connectivity index (χ0) is 24.9. The zero-order valence-electron chi connectivity index (χ0n) is 21.6. The number of carbonyl (C=O) groups excluding carboxylic acids is 1. The van der Waals surface area contributed by atoms with Crippen LogP contribution in [0.1, 0.15) is 88.1 Å². The van der Waals surface area contributed by atoms with Crippen LogP contribution in [-0.2, 0) is 11.3 Å². The van der Waals surface area contributed by atoms with Gasteiger partial charge >= 0.3 is 5.97 Å². The second-order valence-electron chi connectivity index (χ2n) is 9.28. The van der Waals surface area contributed by atoms with Gasteiger partial charge in [-0.15, -0.1) is 0 Å². The summed E-state index contributed by atoms with van der Waals surface area (Å²) in [6, 6.07) is 19.7. The molecule has 3 aromatic carbocycles. The topological polar surface area (TPSA) is 44.8 Å². The van der Waals surface area contributed by atoms with Crippen LogP contribution in [0.25, 0.3) is 10.8 Å². The third-order valence-electron chi connectivity index (χ3n) is 6.17. The minimum absolute atomic E-state index is 0.0565. The molecule has 0 radical (unpaired) electrons. The van der Waals surface area contributed by atoms with Crippen molar-refractivity contribution in [2.24, 2.45) is 0 Å². The Bertz CT molecular complexity index is 1040. The molecular weight excluding hydrogens is 436 g/mol. The van der Waals surface area contributed by atoms with Crippen molar-refractivity contribution >= 4 is 16.7 Å². The molecule has 35 heavy (non-hydrogen) atoms. The van der Waals surface area contributed by atoms with Gasteiger partial charge in [-0.25, -0.2) is 4.79 Å². The highest BCUT2D eigenvalue weighted by molar-refractivity contribution is 5.89. The fraction of sp³-hybridized carbons (Fsp3) is 0.452. The summed E-state index contributed by atoms with van der Waals surface area (Å²) in [5.74, 6) is 1.46. The smallest absolute Gasteiger partial charge is 0.338 e. The molecule has 4 heteroatoms. The molecule has 4 nitrogen and oxygen atoms in total. The van der Waals surface area contributed by atoms with E-state index in [-0.39, 0.29) is 12.1 Å². The van der Waals surface area contributed by atoms with E-state index in [2.05, 4.69) is 32.0 Å². The van der Waals surface area contributed by atoms with Crippen molar-refractivity contribution in [1.29, 1.82) is 0 Å². The molecule has 0 N–H and O–H groups in total. The van der Waals surface area contributed by atoms with Gasteiger partial charge < -0.3 is 14.2 Å². The second-order valence-corrected chi connectivity index (χ2v) is 9.28. The first-order valence-electron chi connectivity index (χ1n) is 13.2. The first-order chi connectivity index (χ1) is 17.1. The average molecular weight is 477 g/mol. The lowest BCUT2D eigenvalue weighted by Crippen LogP contribution is -2.15. The standard InChI is InChI=1S/C31H40O4/c1-4-6-8-9-11-24(3)35-31(32)26-14-12-25(13-15-26)23-34-30-19-17-27-21-29(18-16-28(27)22-30)33-20-10-7-5-2/h12-19,21-22,24H,4-11,20,23H2,1-3H3/t24-/m1/s1. The number of esters is 1. The van der Waals surface area contributed by atoms with Gasteiger partial charge in [0, 0.05) is 0 Å². The Balaban J connectivity index is 1.48. The van der Waals surface area contributed by atoms with E-state index in [1.807, 2.05) is 49.4 Å². The van der Waals surface area contributed by atoms with Crippen molar-refractivity contribution in [3.8, 4) is 11.5 Å². The molecule has 0 saturated heterocycles. The van der Waals surface area contributed by atoms with Crippen LogP contribution in [0.3, 0.4) is 0 Å². The van der Waals surface area contributed by atoms with Crippen LogP contribution in [0.2, 0.25) is 0 Å². The molecule has 0 amide bonds. The van der Waals surface area contributed by atoms with Crippen molar-refractivity contribution in [3.05, 3.63) is 71.8 Å². The van der Waals surface area contributed by atoms with Gasteiger partial charge in [-0.3, -0.25) is 0 Å². The van der Waals surface area contributed by atoms with Crippen LogP contribution >= 0.6 is 0 Å². The molecule has 0 aliphatic rings. The predicted octanol–water partition coefficient (Wildman–Crippen LogP) is 8.50. The molecule has 0 unspecified atom stereocenters. The molecule has 3 rings (SSSR count). The molecule has 0 bridgehead atoms. The number of hydrogen-bond donors (Lipinski definition) is 0. The van der Waals surface area contributed by atoms with Gasteiger partial charge in [-0.1, -0.05) is 70.2 Å². The molecule has 0 fully saturated rings. The fourth-order valence-corrected chi connectivity index (χ4v) is 4.00. The predicted molar refractivity (Wildman–Crippen MR) is 143 cm³/mol. The molecule has 0 aliphatic carbocycles. The van der Waals surface area contributed by atoms with Gasteiger partial charge in [0.2, 0.25) is 0 Å². The van der Waals surface area contributed by atoms with E-state index in [0.717, 1.165) is 53.7 Å². The fourth-order valence-electron chi connectivity index (χ4n) is 4.00. The summed E-state index contributed by atoms with van der Waals surface area (Å²) >= 11 is 0. The molecule has 0 spiro atoms. The van der Waals surface area contributed by atoms with E-state index in [1.165, 1.54) is 32.1 Å². The van der Waals surface area contributed by atoms with E-state index < -0.39 is 0 Å². The molecule has 0 heterocycles. The normalized spacial score (nSPS) is 11.9. The maximum Gasteiger partial charge on any atom is 0.338 e. The maximum absolute atomic E-state index is 12.4. The molecule has 188 valence electrons. The number of fused-ring (bicyclic) bond motifs is 1. The largest absolute Gasteiger partial charge is 0.494 e. The lowest BCUT2D eigenvalue weighted by molar-refractivity contribution is 0.0319. The van der Waals surface area contributed by atoms with E-state index in [4.69, 9.17) is 14.2 Å². The Morgan fingerprint density at radius 1 is 0.743 bits per heavy atom. The van der Waals surface area contributed by atoms with Gasteiger partial charge in [-0.2, -0.15) is 0 Å². The van der Waals surface area contributed by atoms with Crippen molar-refractivity contribution < 1.29 is 19.0 Å². The van der Waals surface area contributed by atoms with Gasteiger partial charge in [0.25, 0.3) is 0 Å². The third-order valence-corrected chi connectivity index (χ3v) is 6.17. The zero-order valence-corrected chi connectivity index (χ0v) is 21.6. The number of benzene rings is 3. The second kappa shape index (κ2) is 14.4. The minimum Gasteiger partial charge on any atom is -0.494 e. The first kappa shape index (κ1) is 26.6. The summed E-state index contributed by atoms with van der Waals surface area (Å²) < 4.78 is 17.5. The highest BCUT2D eigenvalue weighted by Crippen LogP contribution is 2.26. The third kappa shape index (κ3) is 8.93. The van der Waals surface area contributed by atoms with Gasteiger partial charge in [0.05, 0.1) is 18.3 Å². The summed E-state index contributed by atoms with van der Waals surface area (Å²) in [6.45, 7) is 7.56. The quantitative estimate of drug-likeness (QED) is 0.163. The molecule has 0 aromatic heterocycles. The van der Waals surface area contributed by atoms with Crippen LogP contribution < -0.4 is 9.47 Å². The van der Waals surface area contributed by atoms with Crippen molar-refractivity contribution in [2.75, 3.05) is 6.61 Å². The highest BCUT2D eigenvalue weighted by Gasteiger charge is 2.12. The van der Waals surface area contributed by atoms with Crippen LogP contribution in [0.4, 0.5) is 0 Å². The lowest BCUT2D eigenvalue weighted by Gasteiger charge is -2.13. The van der Waals surface area contributed by atoms with E-state index in [0.29, 0.717) is 12.2 Å². The van der Waals surface area contributed by atoms with Crippen LogP contribution in [0, 0.1) is 0 Å².